The molecule has 0 saturated carbocycles. The van der Waals surface area contributed by atoms with Crippen LogP contribution in [0.2, 0.25) is 0 Å². The van der Waals surface area contributed by atoms with Gasteiger partial charge in [0.05, 0.1) is 6.20 Å². The lowest BCUT2D eigenvalue weighted by Gasteiger charge is -2.26. The van der Waals surface area contributed by atoms with Crippen molar-refractivity contribution in [1.29, 1.82) is 0 Å². The molecule has 1 fully saturated rings. The van der Waals surface area contributed by atoms with Crippen molar-refractivity contribution in [2.24, 2.45) is 0 Å². The maximum atomic E-state index is 12.4. The van der Waals surface area contributed by atoms with Gasteiger partial charge in [-0.15, -0.1) is 4.83 Å². The van der Waals surface area contributed by atoms with E-state index < -0.39 is 10.0 Å². The Bertz CT molecular complexity index is 508. The second-order valence-corrected chi connectivity index (χ2v) is 6.64. The minimum absolute atomic E-state index is 0.159. The summed E-state index contributed by atoms with van der Waals surface area (Å²) in [6, 6.07) is 0. The molecule has 0 aromatic carbocycles. The zero-order chi connectivity index (χ0) is 14.4. The summed E-state index contributed by atoms with van der Waals surface area (Å²) in [7, 11) is -3.57. The molecule has 1 aromatic heterocycles. The molecule has 1 aliphatic rings. The number of sulfonamides is 1. The van der Waals surface area contributed by atoms with Crippen LogP contribution < -0.4 is 10.1 Å². The number of nitrogens with zero attached hydrogens (tertiary/aromatic N) is 2. The summed E-state index contributed by atoms with van der Waals surface area (Å²) in [6.45, 7) is 4.94. The zero-order valence-corrected chi connectivity index (χ0v) is 12.7. The van der Waals surface area contributed by atoms with E-state index in [1.165, 1.54) is 0 Å². The molecule has 0 amide bonds. The third kappa shape index (κ3) is 4.02. The van der Waals surface area contributed by atoms with Gasteiger partial charge in [0.2, 0.25) is 0 Å². The lowest BCUT2D eigenvalue weighted by molar-refractivity contribution is 0.199. The van der Waals surface area contributed by atoms with Crippen molar-refractivity contribution in [3.05, 3.63) is 11.8 Å². The van der Waals surface area contributed by atoms with Crippen LogP contribution in [0.25, 0.3) is 0 Å². The van der Waals surface area contributed by atoms with Gasteiger partial charge in [0, 0.05) is 25.2 Å². The van der Waals surface area contributed by atoms with Gasteiger partial charge in [-0.05, 0) is 25.8 Å². The number of rotatable bonds is 7. The zero-order valence-electron chi connectivity index (χ0n) is 11.9. The average molecular weight is 301 g/mol. The molecule has 7 nitrogen and oxygen atoms in total. The first-order valence-corrected chi connectivity index (χ1v) is 8.62. The normalized spacial score (nSPS) is 17.4. The van der Waals surface area contributed by atoms with Gasteiger partial charge in [-0.2, -0.15) is 5.10 Å². The van der Waals surface area contributed by atoms with Crippen molar-refractivity contribution in [3.8, 4) is 0 Å². The Hall–Kier alpha value is -0.960. The summed E-state index contributed by atoms with van der Waals surface area (Å²) >= 11 is 0. The van der Waals surface area contributed by atoms with Crippen LogP contribution in [0.15, 0.2) is 11.2 Å². The van der Waals surface area contributed by atoms with E-state index in [2.05, 4.69) is 27.3 Å². The molecule has 1 saturated heterocycles. The van der Waals surface area contributed by atoms with E-state index in [9.17, 15) is 8.42 Å². The van der Waals surface area contributed by atoms with Gasteiger partial charge in [-0.3, -0.25) is 5.10 Å². The molecule has 0 bridgehead atoms. The number of piperidine rings is 1. The van der Waals surface area contributed by atoms with E-state index in [4.69, 9.17) is 0 Å². The Morgan fingerprint density at radius 1 is 1.35 bits per heavy atom. The highest BCUT2D eigenvalue weighted by Crippen LogP contribution is 2.14. The van der Waals surface area contributed by atoms with Crippen LogP contribution in [-0.2, 0) is 16.6 Å². The number of hydrogen-bond acceptors (Lipinski definition) is 5. The molecular weight excluding hydrogens is 278 g/mol. The second kappa shape index (κ2) is 7.16. The highest BCUT2D eigenvalue weighted by molar-refractivity contribution is 7.89. The SMILES string of the molecule is CCCNCc1cn[nH]c1S(=O)(=O)NN1CCCCC1. The van der Waals surface area contributed by atoms with Crippen LogP contribution in [0.5, 0.6) is 0 Å². The number of nitrogens with one attached hydrogen (secondary N) is 3. The summed E-state index contributed by atoms with van der Waals surface area (Å²) in [5, 5.41) is 11.6. The molecule has 0 unspecified atom stereocenters. The van der Waals surface area contributed by atoms with E-state index in [0.29, 0.717) is 12.1 Å². The molecule has 0 radical (unpaired) electrons. The fourth-order valence-corrected chi connectivity index (χ4v) is 3.52. The van der Waals surface area contributed by atoms with Gasteiger partial charge in [-0.25, -0.2) is 13.4 Å². The van der Waals surface area contributed by atoms with Gasteiger partial charge in [-0.1, -0.05) is 13.3 Å². The molecule has 20 heavy (non-hydrogen) atoms. The van der Waals surface area contributed by atoms with Crippen LogP contribution >= 0.6 is 0 Å². The van der Waals surface area contributed by atoms with E-state index in [1.807, 2.05) is 0 Å². The van der Waals surface area contributed by atoms with Crippen molar-refractivity contribution < 1.29 is 8.42 Å². The fraction of sp³-hybridized carbons (Fsp3) is 0.750. The van der Waals surface area contributed by atoms with Crippen molar-refractivity contribution in [2.75, 3.05) is 19.6 Å². The first-order valence-electron chi connectivity index (χ1n) is 7.14. The van der Waals surface area contributed by atoms with Crippen molar-refractivity contribution in [1.82, 2.24) is 25.4 Å². The number of aromatic amines is 1. The second-order valence-electron chi connectivity index (χ2n) is 5.04. The summed E-state index contributed by atoms with van der Waals surface area (Å²) < 4.78 is 24.7. The minimum Gasteiger partial charge on any atom is -0.313 e. The summed E-state index contributed by atoms with van der Waals surface area (Å²) in [5.74, 6) is 0. The van der Waals surface area contributed by atoms with E-state index in [1.54, 1.807) is 11.2 Å². The maximum absolute atomic E-state index is 12.4. The monoisotopic (exact) mass is 301 g/mol. The van der Waals surface area contributed by atoms with Crippen LogP contribution in [-0.4, -0.2) is 43.3 Å². The van der Waals surface area contributed by atoms with Gasteiger partial charge < -0.3 is 5.32 Å². The summed E-state index contributed by atoms with van der Waals surface area (Å²) in [6.07, 6.45) is 5.78. The molecule has 0 spiro atoms. The Kier molecular flexibility index (Phi) is 5.53. The third-order valence-corrected chi connectivity index (χ3v) is 4.68. The van der Waals surface area contributed by atoms with Gasteiger partial charge in [0.1, 0.15) is 0 Å². The standard InChI is InChI=1S/C12H23N5O2S/c1-2-6-13-9-11-10-14-15-12(11)20(18,19)16-17-7-4-3-5-8-17/h10,13,16H,2-9H2,1H3,(H,14,15). The predicted octanol–water partition coefficient (Wildman–Crippen LogP) is 0.589. The molecular formula is C12H23N5O2S. The molecule has 0 aliphatic carbocycles. The van der Waals surface area contributed by atoms with Crippen LogP contribution in [0, 0.1) is 0 Å². The fourth-order valence-electron chi connectivity index (χ4n) is 2.26. The van der Waals surface area contributed by atoms with Gasteiger partial charge in [0.15, 0.2) is 5.03 Å². The molecule has 3 N–H and O–H groups in total. The Labute approximate surface area is 120 Å². The number of hydrogen-bond donors (Lipinski definition) is 3. The first kappa shape index (κ1) is 15.4. The smallest absolute Gasteiger partial charge is 0.270 e. The summed E-state index contributed by atoms with van der Waals surface area (Å²) in [4.78, 5) is 2.63. The highest BCUT2D eigenvalue weighted by atomic mass is 32.2. The van der Waals surface area contributed by atoms with Crippen LogP contribution in [0.1, 0.15) is 38.2 Å². The molecule has 2 heterocycles. The molecule has 8 heteroatoms. The molecule has 0 atom stereocenters. The largest absolute Gasteiger partial charge is 0.313 e. The quantitative estimate of drug-likeness (QED) is 0.641. The Morgan fingerprint density at radius 3 is 2.80 bits per heavy atom. The van der Waals surface area contributed by atoms with Crippen LogP contribution in [0.4, 0.5) is 0 Å². The molecule has 1 aliphatic heterocycles. The lowest BCUT2D eigenvalue weighted by Crippen LogP contribution is -2.45. The van der Waals surface area contributed by atoms with Crippen molar-refractivity contribution >= 4 is 10.0 Å². The lowest BCUT2D eigenvalue weighted by atomic mass is 10.2. The van der Waals surface area contributed by atoms with E-state index in [0.717, 1.165) is 45.3 Å². The minimum atomic E-state index is -3.57. The Morgan fingerprint density at radius 2 is 2.10 bits per heavy atom. The average Bonchev–Trinajstić information content (AvgIpc) is 2.89. The van der Waals surface area contributed by atoms with E-state index >= 15 is 0 Å². The van der Waals surface area contributed by atoms with Gasteiger partial charge >= 0.3 is 0 Å². The third-order valence-electron chi connectivity index (χ3n) is 3.29. The first-order chi connectivity index (χ1) is 9.63. The highest BCUT2D eigenvalue weighted by Gasteiger charge is 2.24. The maximum Gasteiger partial charge on any atom is 0.270 e. The molecule has 2 rings (SSSR count). The summed E-state index contributed by atoms with van der Waals surface area (Å²) in [5.41, 5.74) is 0.669. The number of hydrazine groups is 1. The topological polar surface area (TPSA) is 90.1 Å². The Balaban J connectivity index is 2.03. The molecule has 114 valence electrons. The predicted molar refractivity (Wildman–Crippen MR) is 76.3 cm³/mol. The molecule has 1 aromatic rings. The number of H-pyrrole nitrogens is 1. The van der Waals surface area contributed by atoms with Crippen molar-refractivity contribution in [3.63, 3.8) is 0 Å². The van der Waals surface area contributed by atoms with Crippen LogP contribution in [0.3, 0.4) is 0 Å². The van der Waals surface area contributed by atoms with E-state index in [-0.39, 0.29) is 5.03 Å². The van der Waals surface area contributed by atoms with Gasteiger partial charge in [0.25, 0.3) is 10.0 Å². The number of aromatic nitrogens is 2. The van der Waals surface area contributed by atoms with Crippen molar-refractivity contribution in [2.45, 2.75) is 44.2 Å².